The first-order chi connectivity index (χ1) is 12.3. The van der Waals surface area contributed by atoms with Gasteiger partial charge in [0, 0.05) is 6.07 Å². The molecule has 0 unspecified atom stereocenters. The summed E-state index contributed by atoms with van der Waals surface area (Å²) in [6, 6.07) is 4.06. The molecule has 0 aliphatic rings. The lowest BCUT2D eigenvalue weighted by atomic mass is 10.0. The Balaban J connectivity index is 1.75. The molecule has 3 heteroatoms. The third kappa shape index (κ3) is 14.4. The summed E-state index contributed by atoms with van der Waals surface area (Å²) < 4.78 is 8.88. The molecule has 0 atom stereocenters. The molecule has 0 saturated heterocycles. The van der Waals surface area contributed by atoms with Gasteiger partial charge in [-0.1, -0.05) is 90.4 Å². The molecule has 0 amide bonds. The summed E-state index contributed by atoms with van der Waals surface area (Å²) in [6.45, 7) is 3.81. The number of ether oxygens (including phenoxy) is 1. The Morgan fingerprint density at radius 3 is 1.84 bits per heavy atom. The summed E-state index contributed by atoms with van der Waals surface area (Å²) in [5.41, 5.74) is 0. The number of hydrogen-bond acceptors (Lipinski definition) is 1. The Morgan fingerprint density at radius 2 is 1.32 bits per heavy atom. The van der Waals surface area contributed by atoms with Gasteiger partial charge in [-0.3, -0.25) is 0 Å². The van der Waals surface area contributed by atoms with Gasteiger partial charge in [0.2, 0.25) is 0 Å². The second-order valence-corrected chi connectivity index (χ2v) is 8.09. The topological polar surface area (TPSA) is 13.1 Å². The SMILES string of the molecule is CCCCCCCCCCCCCCCCOC[n+]1cccc(Br)c1. The van der Waals surface area contributed by atoms with Crippen LogP contribution in [0, 0.1) is 0 Å². The van der Waals surface area contributed by atoms with Crippen LogP contribution in [0.4, 0.5) is 0 Å². The zero-order valence-electron chi connectivity index (χ0n) is 16.4. The van der Waals surface area contributed by atoms with Crippen LogP contribution in [0.5, 0.6) is 0 Å². The van der Waals surface area contributed by atoms with Crippen LogP contribution < -0.4 is 4.57 Å². The number of unbranched alkanes of at least 4 members (excludes halogenated alkanes) is 13. The minimum absolute atomic E-state index is 0.651. The van der Waals surface area contributed by atoms with Crippen LogP contribution in [0.1, 0.15) is 96.8 Å². The van der Waals surface area contributed by atoms with E-state index in [1.165, 1.54) is 89.9 Å². The van der Waals surface area contributed by atoms with Gasteiger partial charge >= 0.3 is 0 Å². The van der Waals surface area contributed by atoms with Crippen molar-refractivity contribution in [1.82, 2.24) is 0 Å². The van der Waals surface area contributed by atoms with Gasteiger partial charge in [0.1, 0.15) is 0 Å². The smallest absolute Gasteiger partial charge is 0.252 e. The van der Waals surface area contributed by atoms with E-state index in [1.54, 1.807) is 0 Å². The maximum absolute atomic E-state index is 5.72. The highest BCUT2D eigenvalue weighted by atomic mass is 79.9. The zero-order chi connectivity index (χ0) is 18.0. The lowest BCUT2D eigenvalue weighted by Gasteiger charge is -2.03. The Morgan fingerprint density at radius 1 is 0.800 bits per heavy atom. The normalized spacial score (nSPS) is 11.1. The second kappa shape index (κ2) is 17.0. The van der Waals surface area contributed by atoms with E-state index >= 15 is 0 Å². The molecular weight excluding hydrogens is 374 g/mol. The summed E-state index contributed by atoms with van der Waals surface area (Å²) in [6.07, 6.45) is 23.7. The molecule has 0 saturated carbocycles. The van der Waals surface area contributed by atoms with Crippen LogP contribution in [0.3, 0.4) is 0 Å². The standard InChI is InChI=1S/C22H39BrNO/c1-2-3-4-5-6-7-8-9-10-11-12-13-14-15-19-25-21-24-18-16-17-22(23)20-24/h16-18,20H,2-15,19,21H2,1H3/q+1. The quantitative estimate of drug-likeness (QED) is 0.195. The molecule has 1 rings (SSSR count). The van der Waals surface area contributed by atoms with Crippen LogP contribution in [-0.4, -0.2) is 6.61 Å². The fourth-order valence-corrected chi connectivity index (χ4v) is 3.55. The van der Waals surface area contributed by atoms with Crippen molar-refractivity contribution in [3.05, 3.63) is 29.0 Å². The predicted molar refractivity (Wildman–Crippen MR) is 111 cm³/mol. The van der Waals surface area contributed by atoms with E-state index in [9.17, 15) is 0 Å². The van der Waals surface area contributed by atoms with Gasteiger partial charge in [-0.15, -0.1) is 0 Å². The largest absolute Gasteiger partial charge is 0.323 e. The maximum Gasteiger partial charge on any atom is 0.252 e. The van der Waals surface area contributed by atoms with Crippen molar-refractivity contribution in [2.24, 2.45) is 0 Å². The highest BCUT2D eigenvalue weighted by molar-refractivity contribution is 9.10. The molecule has 1 heterocycles. The number of halogens is 1. The highest BCUT2D eigenvalue weighted by Gasteiger charge is 2.00. The molecule has 0 fully saturated rings. The number of hydrogen-bond donors (Lipinski definition) is 0. The fraction of sp³-hybridized carbons (Fsp3) is 0.773. The van der Waals surface area contributed by atoms with E-state index in [0.717, 1.165) is 11.1 Å². The third-order valence-electron chi connectivity index (χ3n) is 4.70. The van der Waals surface area contributed by atoms with Gasteiger partial charge in [0.15, 0.2) is 12.4 Å². The molecule has 0 aliphatic heterocycles. The summed E-state index contributed by atoms with van der Waals surface area (Å²) in [5.74, 6) is 0. The van der Waals surface area contributed by atoms with Gasteiger partial charge in [-0.25, -0.2) is 0 Å². The van der Waals surface area contributed by atoms with E-state index in [-0.39, 0.29) is 0 Å². The molecule has 1 aromatic heterocycles. The van der Waals surface area contributed by atoms with E-state index in [1.807, 2.05) is 24.5 Å². The Bertz CT molecular complexity index is 411. The fourth-order valence-electron chi connectivity index (χ4n) is 3.14. The van der Waals surface area contributed by atoms with E-state index in [0.29, 0.717) is 6.73 Å². The maximum atomic E-state index is 5.72. The van der Waals surface area contributed by atoms with Crippen molar-refractivity contribution >= 4 is 15.9 Å². The summed E-state index contributed by atoms with van der Waals surface area (Å²) in [7, 11) is 0. The summed E-state index contributed by atoms with van der Waals surface area (Å²) in [5, 5.41) is 0. The van der Waals surface area contributed by atoms with Crippen molar-refractivity contribution in [2.75, 3.05) is 6.61 Å². The number of aromatic nitrogens is 1. The van der Waals surface area contributed by atoms with Gasteiger partial charge in [0.05, 0.1) is 11.1 Å². The molecule has 0 bridgehead atoms. The molecular formula is C22H39BrNO+. The number of pyridine rings is 1. The molecule has 144 valence electrons. The second-order valence-electron chi connectivity index (χ2n) is 7.17. The highest BCUT2D eigenvalue weighted by Crippen LogP contribution is 2.13. The van der Waals surface area contributed by atoms with Crippen LogP contribution in [0.2, 0.25) is 0 Å². The molecule has 0 aliphatic carbocycles. The van der Waals surface area contributed by atoms with Gasteiger partial charge in [-0.05, 0) is 28.4 Å². The Labute approximate surface area is 164 Å². The van der Waals surface area contributed by atoms with Crippen molar-refractivity contribution in [3.8, 4) is 0 Å². The van der Waals surface area contributed by atoms with E-state index in [2.05, 4.69) is 27.4 Å². The first-order valence-corrected chi connectivity index (χ1v) is 11.3. The van der Waals surface area contributed by atoms with Crippen LogP contribution in [-0.2, 0) is 11.5 Å². The Hall–Kier alpha value is -0.410. The number of nitrogens with zero attached hydrogens (tertiary/aromatic N) is 1. The average molecular weight is 413 g/mol. The van der Waals surface area contributed by atoms with Crippen LogP contribution in [0.15, 0.2) is 29.0 Å². The predicted octanol–water partition coefficient (Wildman–Crippen LogP) is 7.19. The molecule has 25 heavy (non-hydrogen) atoms. The van der Waals surface area contributed by atoms with Crippen LogP contribution in [0.25, 0.3) is 0 Å². The van der Waals surface area contributed by atoms with Gasteiger partial charge in [-0.2, -0.15) is 4.57 Å². The molecule has 0 spiro atoms. The van der Waals surface area contributed by atoms with Crippen molar-refractivity contribution in [3.63, 3.8) is 0 Å². The average Bonchev–Trinajstić information content (AvgIpc) is 2.61. The summed E-state index contributed by atoms with van der Waals surface area (Å²) in [4.78, 5) is 0. The van der Waals surface area contributed by atoms with Crippen LogP contribution >= 0.6 is 15.9 Å². The zero-order valence-corrected chi connectivity index (χ0v) is 17.9. The lowest BCUT2D eigenvalue weighted by molar-refractivity contribution is -0.733. The molecule has 0 aromatic carbocycles. The Kier molecular flexibility index (Phi) is 15.4. The third-order valence-corrected chi connectivity index (χ3v) is 5.17. The monoisotopic (exact) mass is 412 g/mol. The van der Waals surface area contributed by atoms with Gasteiger partial charge in [0.25, 0.3) is 6.73 Å². The van der Waals surface area contributed by atoms with Gasteiger partial charge < -0.3 is 4.74 Å². The summed E-state index contributed by atoms with van der Waals surface area (Å²) >= 11 is 3.48. The lowest BCUT2D eigenvalue weighted by Crippen LogP contribution is -2.34. The molecule has 2 nitrogen and oxygen atoms in total. The van der Waals surface area contributed by atoms with E-state index < -0.39 is 0 Å². The minimum Gasteiger partial charge on any atom is -0.323 e. The molecule has 0 radical (unpaired) electrons. The first-order valence-electron chi connectivity index (χ1n) is 10.6. The number of rotatable bonds is 17. The molecule has 0 N–H and O–H groups in total. The van der Waals surface area contributed by atoms with Crippen molar-refractivity contribution in [1.29, 1.82) is 0 Å². The molecule has 1 aromatic rings. The van der Waals surface area contributed by atoms with Crippen molar-refractivity contribution in [2.45, 2.75) is 104 Å². The van der Waals surface area contributed by atoms with Crippen molar-refractivity contribution < 1.29 is 9.30 Å². The first kappa shape index (κ1) is 22.6. The van der Waals surface area contributed by atoms with E-state index in [4.69, 9.17) is 4.74 Å². The minimum atomic E-state index is 0.651.